The van der Waals surface area contributed by atoms with Gasteiger partial charge in [0.25, 0.3) is 0 Å². The summed E-state index contributed by atoms with van der Waals surface area (Å²) in [6.45, 7) is 11.7. The van der Waals surface area contributed by atoms with Gasteiger partial charge in [0.1, 0.15) is 0 Å². The average Bonchev–Trinajstić information content (AvgIpc) is 3.25. The van der Waals surface area contributed by atoms with Crippen LogP contribution in [-0.2, 0) is 4.74 Å². The van der Waals surface area contributed by atoms with Crippen LogP contribution in [0.2, 0.25) is 0 Å². The van der Waals surface area contributed by atoms with Crippen molar-refractivity contribution in [1.82, 2.24) is 15.1 Å². The predicted octanol–water partition coefficient (Wildman–Crippen LogP) is 2.95. The van der Waals surface area contributed by atoms with E-state index in [0.29, 0.717) is 5.41 Å². The van der Waals surface area contributed by atoms with E-state index in [1.165, 1.54) is 64.6 Å². The number of likely N-dealkylation sites (tertiary alicyclic amines) is 1. The molecule has 5 nitrogen and oxygen atoms in total. The Bertz CT molecular complexity index is 406. The Hall–Kier alpha value is -0.0800. The molecule has 3 rings (SSSR count). The van der Waals surface area contributed by atoms with Crippen molar-refractivity contribution in [3.05, 3.63) is 0 Å². The SMILES string of the molecule is CCNC(=NCCCCN1CCOCC1)N1CCC2(CCCC2)C1.I. The summed E-state index contributed by atoms with van der Waals surface area (Å²) in [6, 6.07) is 0. The first-order chi connectivity index (χ1) is 11.8. The van der Waals surface area contributed by atoms with Gasteiger partial charge in [-0.3, -0.25) is 9.89 Å². The van der Waals surface area contributed by atoms with Gasteiger partial charge in [0.2, 0.25) is 0 Å². The zero-order valence-electron chi connectivity index (χ0n) is 16.0. The van der Waals surface area contributed by atoms with Crippen LogP contribution in [0.15, 0.2) is 4.99 Å². The summed E-state index contributed by atoms with van der Waals surface area (Å²) >= 11 is 0. The third-order valence-electron chi connectivity index (χ3n) is 5.98. The van der Waals surface area contributed by atoms with Crippen LogP contribution in [0.3, 0.4) is 0 Å². The number of hydrogen-bond donors (Lipinski definition) is 1. The van der Waals surface area contributed by atoms with Gasteiger partial charge in [0.05, 0.1) is 13.2 Å². The second-order valence-electron chi connectivity index (χ2n) is 7.78. The molecular formula is C19H37IN4O. The first-order valence-corrected chi connectivity index (χ1v) is 10.1. The lowest BCUT2D eigenvalue weighted by Crippen LogP contribution is -2.41. The van der Waals surface area contributed by atoms with Crippen molar-refractivity contribution in [2.45, 2.75) is 51.9 Å². The Morgan fingerprint density at radius 1 is 1.08 bits per heavy atom. The van der Waals surface area contributed by atoms with E-state index >= 15 is 0 Å². The molecular weight excluding hydrogens is 427 g/mol. The fourth-order valence-electron chi connectivity index (χ4n) is 4.53. The standard InChI is InChI=1S/C19H36N4O.HI/c1-2-20-18(23-12-9-19(17-23)7-3-4-8-19)21-10-5-6-11-22-13-15-24-16-14-22;/h2-17H2,1H3,(H,20,21);1H. The Balaban J connectivity index is 0.00000225. The van der Waals surface area contributed by atoms with Crippen molar-refractivity contribution < 1.29 is 4.74 Å². The highest BCUT2D eigenvalue weighted by Crippen LogP contribution is 2.45. The topological polar surface area (TPSA) is 40.1 Å². The number of hydrogen-bond acceptors (Lipinski definition) is 3. The quantitative estimate of drug-likeness (QED) is 0.284. The predicted molar refractivity (Wildman–Crippen MR) is 115 cm³/mol. The fourth-order valence-corrected chi connectivity index (χ4v) is 4.53. The van der Waals surface area contributed by atoms with Gasteiger partial charge in [-0.2, -0.15) is 0 Å². The monoisotopic (exact) mass is 464 g/mol. The molecule has 0 aromatic carbocycles. The van der Waals surface area contributed by atoms with Crippen LogP contribution < -0.4 is 5.32 Å². The van der Waals surface area contributed by atoms with E-state index in [4.69, 9.17) is 9.73 Å². The van der Waals surface area contributed by atoms with Crippen molar-refractivity contribution >= 4 is 29.9 Å². The van der Waals surface area contributed by atoms with Gasteiger partial charge in [-0.05, 0) is 51.0 Å². The average molecular weight is 464 g/mol. The highest BCUT2D eigenvalue weighted by Gasteiger charge is 2.41. The van der Waals surface area contributed by atoms with Crippen molar-refractivity contribution in [2.75, 3.05) is 59.0 Å². The van der Waals surface area contributed by atoms with E-state index in [9.17, 15) is 0 Å². The summed E-state index contributed by atoms with van der Waals surface area (Å²) in [5, 5.41) is 3.52. The number of aliphatic imine (C=N–C) groups is 1. The van der Waals surface area contributed by atoms with Crippen LogP contribution in [0.25, 0.3) is 0 Å². The van der Waals surface area contributed by atoms with Crippen molar-refractivity contribution in [2.24, 2.45) is 10.4 Å². The summed E-state index contributed by atoms with van der Waals surface area (Å²) in [7, 11) is 0. The highest BCUT2D eigenvalue weighted by molar-refractivity contribution is 14.0. The zero-order chi connectivity index (χ0) is 16.7. The van der Waals surface area contributed by atoms with Crippen molar-refractivity contribution in [1.29, 1.82) is 0 Å². The maximum absolute atomic E-state index is 5.40. The van der Waals surface area contributed by atoms with Gasteiger partial charge in [-0.15, -0.1) is 24.0 Å². The normalized spacial score (nSPS) is 23.9. The Kier molecular flexibility index (Phi) is 9.27. The summed E-state index contributed by atoms with van der Waals surface area (Å²) in [5.74, 6) is 1.16. The van der Waals surface area contributed by atoms with E-state index in [1.807, 2.05) is 0 Å². The molecule has 25 heavy (non-hydrogen) atoms. The number of rotatable bonds is 6. The molecule has 0 bridgehead atoms. The van der Waals surface area contributed by atoms with Crippen molar-refractivity contribution in [3.63, 3.8) is 0 Å². The number of morpholine rings is 1. The van der Waals surface area contributed by atoms with E-state index in [1.54, 1.807) is 0 Å². The molecule has 3 fully saturated rings. The molecule has 0 amide bonds. The molecule has 2 aliphatic heterocycles. The number of unbranched alkanes of at least 4 members (excludes halogenated alkanes) is 1. The Morgan fingerprint density at radius 2 is 1.84 bits per heavy atom. The molecule has 0 aromatic heterocycles. The minimum absolute atomic E-state index is 0. The Morgan fingerprint density at radius 3 is 2.56 bits per heavy atom. The molecule has 1 N–H and O–H groups in total. The number of halogens is 1. The first-order valence-electron chi connectivity index (χ1n) is 10.1. The van der Waals surface area contributed by atoms with Crippen molar-refractivity contribution in [3.8, 4) is 0 Å². The second kappa shape index (κ2) is 10.9. The summed E-state index contributed by atoms with van der Waals surface area (Å²) in [4.78, 5) is 9.96. The van der Waals surface area contributed by atoms with Gasteiger partial charge in [-0.25, -0.2) is 0 Å². The van der Waals surface area contributed by atoms with Gasteiger partial charge >= 0.3 is 0 Å². The first kappa shape index (κ1) is 21.2. The molecule has 0 radical (unpaired) electrons. The molecule has 2 heterocycles. The highest BCUT2D eigenvalue weighted by atomic mass is 127. The molecule has 3 aliphatic rings. The smallest absolute Gasteiger partial charge is 0.193 e. The van der Waals surface area contributed by atoms with E-state index < -0.39 is 0 Å². The Labute approximate surface area is 171 Å². The van der Waals surface area contributed by atoms with E-state index in [2.05, 4.69) is 22.0 Å². The number of ether oxygens (including phenoxy) is 1. The maximum Gasteiger partial charge on any atom is 0.193 e. The molecule has 2 saturated heterocycles. The molecule has 0 atom stereocenters. The van der Waals surface area contributed by atoms with Crippen LogP contribution in [0.1, 0.15) is 51.9 Å². The van der Waals surface area contributed by atoms with Crippen LogP contribution in [0.5, 0.6) is 0 Å². The second-order valence-corrected chi connectivity index (χ2v) is 7.78. The minimum Gasteiger partial charge on any atom is -0.379 e. The number of nitrogens with zero attached hydrogens (tertiary/aromatic N) is 3. The lowest BCUT2D eigenvalue weighted by atomic mass is 9.86. The van der Waals surface area contributed by atoms with Crippen LogP contribution in [0, 0.1) is 5.41 Å². The molecule has 146 valence electrons. The third kappa shape index (κ3) is 6.24. The lowest BCUT2D eigenvalue weighted by molar-refractivity contribution is 0.0373. The molecule has 1 spiro atoms. The minimum atomic E-state index is 0. The van der Waals surface area contributed by atoms with Gasteiger partial charge < -0.3 is 15.0 Å². The molecule has 0 aromatic rings. The van der Waals surface area contributed by atoms with Gasteiger partial charge in [0.15, 0.2) is 5.96 Å². The molecule has 1 aliphatic carbocycles. The number of nitrogens with one attached hydrogen (secondary N) is 1. The van der Waals surface area contributed by atoms with E-state index in [0.717, 1.165) is 45.4 Å². The largest absolute Gasteiger partial charge is 0.379 e. The summed E-state index contributed by atoms with van der Waals surface area (Å²) < 4.78 is 5.40. The van der Waals surface area contributed by atoms with Crippen LogP contribution in [-0.4, -0.2) is 74.8 Å². The molecule has 6 heteroatoms. The number of guanidine groups is 1. The third-order valence-corrected chi connectivity index (χ3v) is 5.98. The van der Waals surface area contributed by atoms with Gasteiger partial charge in [0, 0.05) is 39.3 Å². The van der Waals surface area contributed by atoms with Crippen LogP contribution >= 0.6 is 24.0 Å². The molecule has 1 saturated carbocycles. The summed E-state index contributed by atoms with van der Waals surface area (Å²) in [5.41, 5.74) is 0.618. The maximum atomic E-state index is 5.40. The zero-order valence-corrected chi connectivity index (χ0v) is 18.3. The van der Waals surface area contributed by atoms with Gasteiger partial charge in [-0.1, -0.05) is 12.8 Å². The molecule has 0 unspecified atom stereocenters. The fraction of sp³-hybridized carbons (Fsp3) is 0.947. The lowest BCUT2D eigenvalue weighted by Gasteiger charge is -2.26. The summed E-state index contributed by atoms with van der Waals surface area (Å²) in [6.07, 6.45) is 9.53. The van der Waals surface area contributed by atoms with E-state index in [-0.39, 0.29) is 24.0 Å². The van der Waals surface area contributed by atoms with Crippen LogP contribution in [0.4, 0.5) is 0 Å².